The Morgan fingerprint density at radius 3 is 1.87 bits per heavy atom. The van der Waals surface area contributed by atoms with Gasteiger partial charge in [0, 0.05) is 38.3 Å². The molecule has 3 heterocycles. The lowest BCUT2D eigenvalue weighted by atomic mass is 10.0. The summed E-state index contributed by atoms with van der Waals surface area (Å²) in [5.41, 5.74) is 16.4. The maximum atomic E-state index is 6.76. The fourth-order valence-corrected chi connectivity index (χ4v) is 9.73. The first-order chi connectivity index (χ1) is 27.3. The van der Waals surface area contributed by atoms with Crippen LogP contribution in [0.3, 0.4) is 0 Å². The fraction of sp³-hybridized carbons (Fsp3) is 0. The Labute approximate surface area is 315 Å². The first-order valence-corrected chi connectivity index (χ1v) is 18.9. The highest BCUT2D eigenvalue weighted by Crippen LogP contribution is 2.50. The van der Waals surface area contributed by atoms with Crippen molar-refractivity contribution in [3.05, 3.63) is 182 Å². The van der Waals surface area contributed by atoms with E-state index in [0.717, 1.165) is 44.2 Å². The number of para-hydroxylation sites is 2. The molecule has 0 unspecified atom stereocenters. The van der Waals surface area contributed by atoms with Crippen molar-refractivity contribution in [1.82, 2.24) is 9.13 Å². The summed E-state index contributed by atoms with van der Waals surface area (Å²) in [4.78, 5) is 0. The first-order valence-electron chi connectivity index (χ1n) is 18.9. The zero-order valence-electron chi connectivity index (χ0n) is 29.6. The average Bonchev–Trinajstić information content (AvgIpc) is 3.98. The van der Waals surface area contributed by atoms with Crippen molar-refractivity contribution in [2.45, 2.75) is 0 Å². The van der Waals surface area contributed by atoms with Crippen LogP contribution in [0, 0.1) is 0 Å². The Bertz CT molecular complexity index is 3580. The van der Waals surface area contributed by atoms with Gasteiger partial charge in [0.2, 0.25) is 0 Å². The van der Waals surface area contributed by atoms with Crippen LogP contribution in [-0.4, -0.2) is 9.13 Å². The summed E-state index contributed by atoms with van der Waals surface area (Å²) < 4.78 is 11.7. The summed E-state index contributed by atoms with van der Waals surface area (Å²) in [6.07, 6.45) is 0. The van der Waals surface area contributed by atoms with Gasteiger partial charge in [-0.3, -0.25) is 0 Å². The molecule has 0 bridgehead atoms. The Balaban J connectivity index is 1.17. The molecule has 0 radical (unpaired) electrons. The van der Waals surface area contributed by atoms with Gasteiger partial charge in [-0.1, -0.05) is 121 Å². The lowest BCUT2D eigenvalue weighted by Crippen LogP contribution is -1.96. The Morgan fingerprint density at radius 2 is 1.02 bits per heavy atom. The molecule has 3 aromatic heterocycles. The van der Waals surface area contributed by atoms with Gasteiger partial charge in [-0.15, -0.1) is 0 Å². The summed E-state index contributed by atoms with van der Waals surface area (Å²) in [5, 5.41) is 9.64. The monoisotopic (exact) mass is 698 g/mol. The minimum atomic E-state index is 0.907. The number of aromatic nitrogens is 2. The van der Waals surface area contributed by atoms with E-state index >= 15 is 0 Å². The third kappa shape index (κ3) is 3.84. The van der Waals surface area contributed by atoms with Gasteiger partial charge in [0.15, 0.2) is 0 Å². The topological polar surface area (TPSA) is 23.0 Å². The second-order valence-corrected chi connectivity index (χ2v) is 14.8. The van der Waals surface area contributed by atoms with E-state index in [1.165, 1.54) is 76.9 Å². The molecule has 3 heteroatoms. The van der Waals surface area contributed by atoms with Crippen molar-refractivity contribution < 1.29 is 4.42 Å². The molecule has 9 aromatic carbocycles. The SMILES string of the molecule is c1ccc(-c2ccc(-n3c4ccc5c6ccccc6oc5c4c4ccc5c(c6ccccc6n5-c5cc6c7c(cccc7c5)-c5ccccc5-6)c43)cc2)cc1. The Morgan fingerprint density at radius 1 is 0.345 bits per heavy atom. The van der Waals surface area contributed by atoms with E-state index in [0.29, 0.717) is 0 Å². The molecule has 0 saturated heterocycles. The standard InChI is InChI=1S/C52H30N2O/c1-2-11-31(12-3-1)32-21-23-34(24-22-32)54-46-27-25-40-38-16-7-9-20-47(38)55-52(40)50(46)42-26-28-45-49(51(42)54)41-17-6-8-19-44(41)53(45)35-29-33-13-10-18-39-36-14-4-5-15-37(36)43(30-35)48(33)39/h1-30H. The summed E-state index contributed by atoms with van der Waals surface area (Å²) in [6.45, 7) is 0. The molecule has 254 valence electrons. The number of hydrogen-bond donors (Lipinski definition) is 0. The summed E-state index contributed by atoms with van der Waals surface area (Å²) in [5.74, 6) is 0. The molecule has 1 aliphatic carbocycles. The number of hydrogen-bond acceptors (Lipinski definition) is 1. The van der Waals surface area contributed by atoms with Crippen LogP contribution >= 0.6 is 0 Å². The maximum absolute atomic E-state index is 6.76. The van der Waals surface area contributed by atoms with E-state index in [4.69, 9.17) is 4.42 Å². The molecule has 1 aliphatic rings. The minimum absolute atomic E-state index is 0.907. The van der Waals surface area contributed by atoms with Crippen molar-refractivity contribution in [1.29, 1.82) is 0 Å². The van der Waals surface area contributed by atoms with E-state index in [1.54, 1.807) is 0 Å². The lowest BCUT2D eigenvalue weighted by molar-refractivity contribution is 0.673. The maximum Gasteiger partial charge on any atom is 0.145 e. The van der Waals surface area contributed by atoms with Crippen molar-refractivity contribution in [3.8, 4) is 44.8 Å². The summed E-state index contributed by atoms with van der Waals surface area (Å²) in [6, 6.07) is 66.4. The molecule has 3 nitrogen and oxygen atoms in total. The second-order valence-electron chi connectivity index (χ2n) is 14.8. The number of furan rings is 1. The zero-order valence-corrected chi connectivity index (χ0v) is 29.6. The molecular formula is C52H30N2O. The van der Waals surface area contributed by atoms with Gasteiger partial charge in [0.25, 0.3) is 0 Å². The third-order valence-electron chi connectivity index (χ3n) is 12.0. The Hall–Kier alpha value is -7.36. The van der Waals surface area contributed by atoms with Crippen molar-refractivity contribution >= 4 is 76.3 Å². The van der Waals surface area contributed by atoms with Gasteiger partial charge in [0.1, 0.15) is 11.2 Å². The smallest absolute Gasteiger partial charge is 0.145 e. The zero-order chi connectivity index (χ0) is 35.8. The van der Waals surface area contributed by atoms with E-state index in [9.17, 15) is 0 Å². The van der Waals surface area contributed by atoms with E-state index in [-0.39, 0.29) is 0 Å². The molecule has 0 spiro atoms. The largest absolute Gasteiger partial charge is 0.455 e. The van der Waals surface area contributed by atoms with Crippen LogP contribution in [0.5, 0.6) is 0 Å². The van der Waals surface area contributed by atoms with E-state index in [2.05, 4.69) is 191 Å². The molecule has 12 aromatic rings. The molecule has 13 rings (SSSR count). The quantitative estimate of drug-likeness (QED) is 0.180. The van der Waals surface area contributed by atoms with Crippen LogP contribution in [-0.2, 0) is 0 Å². The molecule has 0 atom stereocenters. The highest BCUT2D eigenvalue weighted by molar-refractivity contribution is 6.31. The number of nitrogens with zero attached hydrogens (tertiary/aromatic N) is 2. The predicted molar refractivity (Wildman–Crippen MR) is 230 cm³/mol. The molecule has 0 saturated carbocycles. The molecule has 55 heavy (non-hydrogen) atoms. The van der Waals surface area contributed by atoms with Gasteiger partial charge >= 0.3 is 0 Å². The van der Waals surface area contributed by atoms with Crippen LogP contribution < -0.4 is 0 Å². The van der Waals surface area contributed by atoms with Gasteiger partial charge < -0.3 is 13.6 Å². The van der Waals surface area contributed by atoms with Crippen molar-refractivity contribution in [3.63, 3.8) is 0 Å². The predicted octanol–water partition coefficient (Wildman–Crippen LogP) is 14.2. The summed E-state index contributed by atoms with van der Waals surface area (Å²) >= 11 is 0. The normalized spacial score (nSPS) is 12.4. The number of rotatable bonds is 3. The van der Waals surface area contributed by atoms with Crippen LogP contribution in [0.1, 0.15) is 0 Å². The van der Waals surface area contributed by atoms with Gasteiger partial charge in [-0.25, -0.2) is 0 Å². The summed E-state index contributed by atoms with van der Waals surface area (Å²) in [7, 11) is 0. The van der Waals surface area contributed by atoms with Crippen LogP contribution in [0.4, 0.5) is 0 Å². The van der Waals surface area contributed by atoms with Crippen molar-refractivity contribution in [2.75, 3.05) is 0 Å². The van der Waals surface area contributed by atoms with Gasteiger partial charge in [0.05, 0.1) is 27.5 Å². The van der Waals surface area contributed by atoms with Crippen LogP contribution in [0.25, 0.3) is 121 Å². The van der Waals surface area contributed by atoms with Gasteiger partial charge in [-0.05, 0) is 105 Å². The van der Waals surface area contributed by atoms with Gasteiger partial charge in [-0.2, -0.15) is 0 Å². The minimum Gasteiger partial charge on any atom is -0.455 e. The van der Waals surface area contributed by atoms with Crippen molar-refractivity contribution in [2.24, 2.45) is 0 Å². The van der Waals surface area contributed by atoms with E-state index < -0.39 is 0 Å². The molecule has 0 N–H and O–H groups in total. The number of fused-ring (bicyclic) bond motifs is 14. The molecule has 0 aliphatic heterocycles. The van der Waals surface area contributed by atoms with Crippen LogP contribution in [0.15, 0.2) is 186 Å². The molecule has 0 fully saturated rings. The van der Waals surface area contributed by atoms with Crippen LogP contribution in [0.2, 0.25) is 0 Å². The molecular weight excluding hydrogens is 669 g/mol. The lowest BCUT2D eigenvalue weighted by Gasteiger charge is -2.12. The van der Waals surface area contributed by atoms with E-state index in [1.807, 2.05) is 0 Å². The first kappa shape index (κ1) is 29.1. The Kier molecular flexibility index (Phi) is 5.63. The highest BCUT2D eigenvalue weighted by atomic mass is 16.3. The average molecular weight is 699 g/mol. The molecule has 0 amide bonds. The second kappa shape index (κ2) is 10.6. The third-order valence-corrected chi connectivity index (χ3v) is 12.0. The fourth-order valence-electron chi connectivity index (χ4n) is 9.73. The number of benzene rings is 9. The highest BCUT2D eigenvalue weighted by Gasteiger charge is 2.26.